The van der Waals surface area contributed by atoms with Gasteiger partial charge in [0.2, 0.25) is 0 Å². The second kappa shape index (κ2) is 5.54. The topological polar surface area (TPSA) is 62.2 Å². The molecule has 0 atom stereocenters. The molecule has 0 fully saturated rings. The summed E-state index contributed by atoms with van der Waals surface area (Å²) in [6, 6.07) is 3.50. The Bertz CT molecular complexity index is 240. The van der Waals surface area contributed by atoms with Gasteiger partial charge < -0.3 is 10.4 Å². The largest absolute Gasteiger partial charge is 0.480 e. The van der Waals surface area contributed by atoms with Crippen LogP contribution in [0.5, 0.6) is 0 Å². The van der Waals surface area contributed by atoms with Crippen LogP contribution in [0.1, 0.15) is 0 Å². The molecule has 0 radical (unpaired) electrons. The maximum absolute atomic E-state index is 10.1. The fourth-order valence-electron chi connectivity index (χ4n) is 0.645. The van der Waals surface area contributed by atoms with Crippen molar-refractivity contribution in [2.24, 2.45) is 0 Å². The highest BCUT2D eigenvalue weighted by Crippen LogP contribution is 2.00. The van der Waals surface area contributed by atoms with Gasteiger partial charge in [0.05, 0.1) is 5.69 Å². The molecule has 2 N–H and O–H groups in total. The Hall–Kier alpha value is -1.10. The van der Waals surface area contributed by atoms with Gasteiger partial charge in [0.25, 0.3) is 0 Å². The van der Waals surface area contributed by atoms with E-state index in [0.29, 0.717) is 0 Å². The Kier molecular flexibility index (Phi) is 5.03. The molecule has 0 saturated carbocycles. The minimum absolute atomic E-state index is 0. The summed E-state index contributed by atoms with van der Waals surface area (Å²) in [6.45, 7) is -0.0777. The third-order valence-electron chi connectivity index (χ3n) is 1.11. The minimum atomic E-state index is -0.881. The van der Waals surface area contributed by atoms with Crippen molar-refractivity contribution < 1.29 is 9.90 Å². The molecule has 1 heterocycles. The third kappa shape index (κ3) is 3.92. The number of nitrogens with one attached hydrogen (secondary N) is 1. The minimum Gasteiger partial charge on any atom is -0.480 e. The number of anilines is 1. The van der Waals surface area contributed by atoms with Crippen molar-refractivity contribution in [3.05, 3.63) is 24.5 Å². The summed E-state index contributed by atoms with van der Waals surface area (Å²) in [5.74, 6) is -0.881. The van der Waals surface area contributed by atoms with E-state index < -0.39 is 5.97 Å². The van der Waals surface area contributed by atoms with Gasteiger partial charge in [-0.25, -0.2) is 0 Å². The van der Waals surface area contributed by atoms with Gasteiger partial charge >= 0.3 is 5.97 Å². The van der Waals surface area contributed by atoms with Gasteiger partial charge in [-0.05, 0) is 12.1 Å². The van der Waals surface area contributed by atoms with Crippen molar-refractivity contribution in [2.45, 2.75) is 0 Å². The van der Waals surface area contributed by atoms with Gasteiger partial charge in [-0.15, -0.1) is 17.0 Å². The van der Waals surface area contributed by atoms with E-state index in [1.54, 1.807) is 24.5 Å². The molecule has 0 amide bonds. The van der Waals surface area contributed by atoms with Crippen LogP contribution in [0, 0.1) is 0 Å². The summed E-state index contributed by atoms with van der Waals surface area (Å²) >= 11 is 0. The van der Waals surface area contributed by atoms with Crippen molar-refractivity contribution in [2.75, 3.05) is 11.9 Å². The number of carboxylic acids is 1. The SMILES string of the molecule is Br.O=C(O)CNc1cccnc1. The van der Waals surface area contributed by atoms with Crippen LogP contribution >= 0.6 is 17.0 Å². The normalized spacial score (nSPS) is 8.33. The third-order valence-corrected chi connectivity index (χ3v) is 1.11. The van der Waals surface area contributed by atoms with Crippen LogP contribution in [0.25, 0.3) is 0 Å². The van der Waals surface area contributed by atoms with E-state index in [-0.39, 0.29) is 23.5 Å². The lowest BCUT2D eigenvalue weighted by Gasteiger charge is -1.99. The van der Waals surface area contributed by atoms with Crippen LogP contribution < -0.4 is 5.32 Å². The van der Waals surface area contributed by atoms with Crippen molar-refractivity contribution >= 4 is 28.6 Å². The highest BCUT2D eigenvalue weighted by Gasteiger charge is 1.94. The molecule has 0 aliphatic rings. The number of aromatic nitrogens is 1. The maximum atomic E-state index is 10.1. The van der Waals surface area contributed by atoms with E-state index >= 15 is 0 Å². The monoisotopic (exact) mass is 232 g/mol. The van der Waals surface area contributed by atoms with Crippen LogP contribution in [0.2, 0.25) is 0 Å². The molecule has 0 spiro atoms. The van der Waals surface area contributed by atoms with Gasteiger partial charge in [0, 0.05) is 12.4 Å². The summed E-state index contributed by atoms with van der Waals surface area (Å²) in [7, 11) is 0. The molecule has 1 aromatic rings. The Labute approximate surface area is 80.4 Å². The van der Waals surface area contributed by atoms with Crippen LogP contribution in [-0.4, -0.2) is 22.6 Å². The number of nitrogens with zero attached hydrogens (tertiary/aromatic N) is 1. The average molecular weight is 233 g/mol. The fraction of sp³-hybridized carbons (Fsp3) is 0.143. The summed E-state index contributed by atoms with van der Waals surface area (Å²) in [4.78, 5) is 13.9. The lowest BCUT2D eigenvalue weighted by molar-refractivity contribution is -0.134. The van der Waals surface area contributed by atoms with E-state index in [1.165, 1.54) is 0 Å². The van der Waals surface area contributed by atoms with E-state index in [1.807, 2.05) is 0 Å². The maximum Gasteiger partial charge on any atom is 0.322 e. The molecule has 12 heavy (non-hydrogen) atoms. The standard InChI is InChI=1S/C7H8N2O2.BrH/c10-7(11)5-9-6-2-1-3-8-4-6;/h1-4,9H,5H2,(H,10,11);1H. The van der Waals surface area contributed by atoms with Gasteiger partial charge in [-0.2, -0.15) is 0 Å². The Morgan fingerprint density at radius 1 is 1.67 bits per heavy atom. The van der Waals surface area contributed by atoms with Gasteiger partial charge in [0.1, 0.15) is 6.54 Å². The summed E-state index contributed by atoms with van der Waals surface area (Å²) in [5, 5.41) is 11.0. The molecule has 66 valence electrons. The predicted octanol–water partition coefficient (Wildman–Crippen LogP) is 1.16. The number of hydrogen-bond acceptors (Lipinski definition) is 3. The van der Waals surface area contributed by atoms with E-state index in [0.717, 1.165) is 5.69 Å². The molecule has 0 saturated heterocycles. The number of halogens is 1. The zero-order valence-electron chi connectivity index (χ0n) is 6.23. The molecule has 0 aliphatic heterocycles. The summed E-state index contributed by atoms with van der Waals surface area (Å²) < 4.78 is 0. The Morgan fingerprint density at radius 2 is 2.42 bits per heavy atom. The highest BCUT2D eigenvalue weighted by molar-refractivity contribution is 8.93. The molecule has 0 unspecified atom stereocenters. The lowest BCUT2D eigenvalue weighted by atomic mass is 10.4. The first-order valence-corrected chi connectivity index (χ1v) is 3.15. The average Bonchev–Trinajstić information content (AvgIpc) is 2.03. The molecule has 1 aromatic heterocycles. The molecule has 4 nitrogen and oxygen atoms in total. The fourth-order valence-corrected chi connectivity index (χ4v) is 0.645. The van der Waals surface area contributed by atoms with Crippen LogP contribution in [0.3, 0.4) is 0 Å². The smallest absolute Gasteiger partial charge is 0.322 e. The van der Waals surface area contributed by atoms with Crippen LogP contribution in [0.4, 0.5) is 5.69 Å². The summed E-state index contributed by atoms with van der Waals surface area (Å²) in [6.07, 6.45) is 3.20. The molecule has 5 heteroatoms. The molecule has 0 aliphatic carbocycles. The Morgan fingerprint density at radius 3 is 2.92 bits per heavy atom. The molecular formula is C7H9BrN2O2. The van der Waals surface area contributed by atoms with Gasteiger partial charge in [-0.3, -0.25) is 9.78 Å². The molecule has 0 bridgehead atoms. The highest BCUT2D eigenvalue weighted by atomic mass is 79.9. The lowest BCUT2D eigenvalue weighted by Crippen LogP contribution is -2.12. The van der Waals surface area contributed by atoms with E-state index in [2.05, 4.69) is 10.3 Å². The predicted molar refractivity (Wildman–Crippen MR) is 50.7 cm³/mol. The van der Waals surface area contributed by atoms with Crippen molar-refractivity contribution in [3.8, 4) is 0 Å². The second-order valence-electron chi connectivity index (χ2n) is 1.99. The van der Waals surface area contributed by atoms with Crippen molar-refractivity contribution in [3.63, 3.8) is 0 Å². The van der Waals surface area contributed by atoms with E-state index in [4.69, 9.17) is 5.11 Å². The molecular weight excluding hydrogens is 224 g/mol. The number of carbonyl (C=O) groups is 1. The first kappa shape index (κ1) is 10.9. The molecule has 1 rings (SSSR count). The van der Waals surface area contributed by atoms with Crippen molar-refractivity contribution in [1.29, 1.82) is 0 Å². The zero-order chi connectivity index (χ0) is 8.10. The summed E-state index contributed by atoms with van der Waals surface area (Å²) in [5.41, 5.74) is 0.718. The van der Waals surface area contributed by atoms with Crippen LogP contribution in [-0.2, 0) is 4.79 Å². The number of aliphatic carboxylic acids is 1. The van der Waals surface area contributed by atoms with E-state index in [9.17, 15) is 4.79 Å². The number of rotatable bonds is 3. The van der Waals surface area contributed by atoms with Crippen molar-refractivity contribution in [1.82, 2.24) is 4.98 Å². The Balaban J connectivity index is 0.00000121. The zero-order valence-corrected chi connectivity index (χ0v) is 7.94. The number of carboxylic acid groups (broad SMARTS) is 1. The van der Waals surface area contributed by atoms with Gasteiger partial charge in [0.15, 0.2) is 0 Å². The van der Waals surface area contributed by atoms with Gasteiger partial charge in [-0.1, -0.05) is 0 Å². The first-order chi connectivity index (χ1) is 5.29. The van der Waals surface area contributed by atoms with Crippen LogP contribution in [0.15, 0.2) is 24.5 Å². The first-order valence-electron chi connectivity index (χ1n) is 3.15. The molecule has 0 aromatic carbocycles. The quantitative estimate of drug-likeness (QED) is 0.822. The number of hydrogen-bond donors (Lipinski definition) is 2. The number of pyridine rings is 1. The second-order valence-corrected chi connectivity index (χ2v) is 1.99.